The van der Waals surface area contributed by atoms with Crippen LogP contribution in [0.5, 0.6) is 5.75 Å². The van der Waals surface area contributed by atoms with Crippen molar-refractivity contribution in [3.63, 3.8) is 0 Å². The number of amides is 1. The second kappa shape index (κ2) is 10.3. The molecule has 10 heteroatoms. The van der Waals surface area contributed by atoms with Crippen LogP contribution in [0.25, 0.3) is 0 Å². The molecule has 3 N–H and O–H groups in total. The van der Waals surface area contributed by atoms with Crippen LogP contribution in [0.2, 0.25) is 5.02 Å². The van der Waals surface area contributed by atoms with Gasteiger partial charge < -0.3 is 25.0 Å². The van der Waals surface area contributed by atoms with Crippen molar-refractivity contribution in [3.05, 3.63) is 64.7 Å². The van der Waals surface area contributed by atoms with E-state index in [1.165, 1.54) is 0 Å². The van der Waals surface area contributed by atoms with Crippen molar-refractivity contribution in [1.82, 2.24) is 5.32 Å². The lowest BCUT2D eigenvalue weighted by Gasteiger charge is -2.20. The number of hydrogen-bond acceptors (Lipinski definition) is 5. The van der Waals surface area contributed by atoms with Crippen LogP contribution in [0.4, 0.5) is 18.0 Å². The zero-order chi connectivity index (χ0) is 21.4. The normalized spacial score (nSPS) is 13.4. The van der Waals surface area contributed by atoms with Crippen molar-refractivity contribution >= 4 is 17.7 Å². The summed E-state index contributed by atoms with van der Waals surface area (Å²) in [7, 11) is 0. The number of ether oxygens (including phenoxy) is 2. The van der Waals surface area contributed by atoms with Crippen LogP contribution in [-0.4, -0.2) is 35.3 Å². The fraction of sp³-hybridized carbons (Fsp3) is 0.316. The molecular weight excluding hydrogens is 415 g/mol. The Labute approximate surface area is 169 Å². The highest BCUT2D eigenvalue weighted by Crippen LogP contribution is 2.32. The summed E-state index contributed by atoms with van der Waals surface area (Å²) < 4.78 is 45.4. The summed E-state index contributed by atoms with van der Waals surface area (Å²) in [5, 5.41) is 22.5. The van der Waals surface area contributed by atoms with Crippen molar-refractivity contribution in [2.24, 2.45) is 0 Å². The Morgan fingerprint density at radius 2 is 1.83 bits per heavy atom. The van der Waals surface area contributed by atoms with Gasteiger partial charge in [0, 0.05) is 12.1 Å². The van der Waals surface area contributed by atoms with Crippen LogP contribution in [-0.2, 0) is 11.3 Å². The molecule has 0 heterocycles. The summed E-state index contributed by atoms with van der Waals surface area (Å²) in [5.74, 6) is -0.546. The van der Waals surface area contributed by atoms with Crippen LogP contribution in [0.15, 0.2) is 48.5 Å². The number of alkyl carbamates (subject to hydrolysis) is 1. The monoisotopic (exact) mass is 433 g/mol. The zero-order valence-corrected chi connectivity index (χ0v) is 15.8. The fourth-order valence-corrected chi connectivity index (χ4v) is 2.69. The van der Waals surface area contributed by atoms with E-state index in [4.69, 9.17) is 16.3 Å². The molecule has 2 aromatic rings. The quantitative estimate of drug-likeness (QED) is 0.586. The van der Waals surface area contributed by atoms with E-state index in [9.17, 15) is 28.2 Å². The molecule has 0 aliphatic heterocycles. The molecule has 2 rings (SSSR count). The van der Waals surface area contributed by atoms with Crippen molar-refractivity contribution in [3.8, 4) is 5.75 Å². The lowest BCUT2D eigenvalue weighted by atomic mass is 10.0. The molecule has 2 atom stereocenters. The first kappa shape index (κ1) is 22.8. The number of carbonyl (C=O) groups is 1. The number of benzene rings is 2. The average Bonchev–Trinajstić information content (AvgIpc) is 2.65. The van der Waals surface area contributed by atoms with Gasteiger partial charge in [-0.3, -0.25) is 0 Å². The number of rotatable bonds is 8. The molecule has 0 aliphatic rings. The first-order valence-corrected chi connectivity index (χ1v) is 8.89. The van der Waals surface area contributed by atoms with Crippen molar-refractivity contribution in [2.45, 2.75) is 31.6 Å². The smallest absolute Gasteiger partial charge is 0.445 e. The number of nitrogens with one attached hydrogen (secondary N) is 1. The van der Waals surface area contributed by atoms with Gasteiger partial charge in [-0.1, -0.05) is 48.0 Å². The van der Waals surface area contributed by atoms with E-state index < -0.39 is 30.4 Å². The van der Waals surface area contributed by atoms with E-state index >= 15 is 0 Å². The first-order valence-electron chi connectivity index (χ1n) is 8.51. The van der Waals surface area contributed by atoms with Gasteiger partial charge in [-0.25, -0.2) is 4.79 Å². The standard InChI is InChI=1S/C19H19ClF3NO5/c20-15-10-13(29-19(21,22)23)6-7-14(15)17(26)16(25)8-9-24-18(27)28-11-12-4-2-1-3-5-12/h1-7,10,16-17,25-26H,8-9,11H2,(H,24,27). The molecule has 29 heavy (non-hydrogen) atoms. The Balaban J connectivity index is 1.79. The van der Waals surface area contributed by atoms with Gasteiger partial charge in [0.2, 0.25) is 0 Å². The third-order valence-corrected chi connectivity index (χ3v) is 4.14. The minimum absolute atomic E-state index is 0.00125. The van der Waals surface area contributed by atoms with Gasteiger partial charge in [0.05, 0.1) is 11.1 Å². The number of aliphatic hydroxyl groups is 2. The minimum Gasteiger partial charge on any atom is -0.445 e. The van der Waals surface area contributed by atoms with Gasteiger partial charge in [-0.2, -0.15) is 0 Å². The second-order valence-corrected chi connectivity index (χ2v) is 6.43. The first-order chi connectivity index (χ1) is 13.7. The van der Waals surface area contributed by atoms with Crippen molar-refractivity contribution in [2.75, 3.05) is 6.54 Å². The van der Waals surface area contributed by atoms with Gasteiger partial charge in [0.1, 0.15) is 18.5 Å². The predicted octanol–water partition coefficient (Wildman–Crippen LogP) is 3.95. The highest BCUT2D eigenvalue weighted by Gasteiger charge is 2.31. The molecule has 2 aromatic carbocycles. The van der Waals surface area contributed by atoms with E-state index in [0.717, 1.165) is 23.8 Å². The average molecular weight is 434 g/mol. The number of hydrogen-bond donors (Lipinski definition) is 3. The maximum Gasteiger partial charge on any atom is 0.573 e. The van der Waals surface area contributed by atoms with E-state index in [1.807, 2.05) is 6.07 Å². The molecule has 2 unspecified atom stereocenters. The topological polar surface area (TPSA) is 88.0 Å². The molecule has 0 saturated carbocycles. The Bertz CT molecular complexity index is 804. The van der Waals surface area contributed by atoms with E-state index in [2.05, 4.69) is 10.1 Å². The van der Waals surface area contributed by atoms with Gasteiger partial charge in [-0.15, -0.1) is 13.2 Å². The lowest BCUT2D eigenvalue weighted by molar-refractivity contribution is -0.274. The van der Waals surface area contributed by atoms with Crippen LogP contribution in [0, 0.1) is 0 Å². The summed E-state index contributed by atoms with van der Waals surface area (Å²) in [5.41, 5.74) is 0.839. The molecule has 158 valence electrons. The second-order valence-electron chi connectivity index (χ2n) is 6.02. The summed E-state index contributed by atoms with van der Waals surface area (Å²) in [6, 6.07) is 12.0. The molecular formula is C19H19ClF3NO5. The molecule has 0 saturated heterocycles. The summed E-state index contributed by atoms with van der Waals surface area (Å²) in [6.07, 6.45) is -8.40. The van der Waals surface area contributed by atoms with E-state index in [-0.39, 0.29) is 30.2 Å². The molecule has 1 amide bonds. The van der Waals surface area contributed by atoms with Gasteiger partial charge in [-0.05, 0) is 24.1 Å². The number of aliphatic hydroxyl groups excluding tert-OH is 2. The number of carbonyl (C=O) groups excluding carboxylic acids is 1. The lowest BCUT2D eigenvalue weighted by Crippen LogP contribution is -2.29. The highest BCUT2D eigenvalue weighted by molar-refractivity contribution is 6.31. The fourth-order valence-electron chi connectivity index (χ4n) is 2.41. The highest BCUT2D eigenvalue weighted by atomic mass is 35.5. The van der Waals surface area contributed by atoms with Crippen LogP contribution in [0.1, 0.15) is 23.7 Å². The molecule has 0 spiro atoms. The zero-order valence-electron chi connectivity index (χ0n) is 15.0. The van der Waals surface area contributed by atoms with Crippen LogP contribution >= 0.6 is 11.6 Å². The maximum absolute atomic E-state index is 12.2. The molecule has 0 radical (unpaired) electrons. The van der Waals surface area contributed by atoms with E-state index in [1.54, 1.807) is 24.3 Å². The van der Waals surface area contributed by atoms with Crippen molar-refractivity contribution in [1.29, 1.82) is 0 Å². The minimum atomic E-state index is -4.87. The van der Waals surface area contributed by atoms with Crippen LogP contribution < -0.4 is 10.1 Å². The Hall–Kier alpha value is -2.49. The molecule has 0 aromatic heterocycles. The van der Waals surface area contributed by atoms with Gasteiger partial charge in [0.15, 0.2) is 0 Å². The molecule has 6 nitrogen and oxygen atoms in total. The SMILES string of the molecule is O=C(NCCC(O)C(O)c1ccc(OC(F)(F)F)cc1Cl)OCc1ccccc1. The predicted molar refractivity (Wildman–Crippen MR) is 98.3 cm³/mol. The Morgan fingerprint density at radius 3 is 2.45 bits per heavy atom. The van der Waals surface area contributed by atoms with E-state index in [0.29, 0.717) is 0 Å². The molecule has 0 fully saturated rings. The third kappa shape index (κ3) is 7.80. The largest absolute Gasteiger partial charge is 0.573 e. The summed E-state index contributed by atoms with van der Waals surface area (Å²) >= 11 is 5.87. The molecule has 0 bridgehead atoms. The number of alkyl halides is 3. The van der Waals surface area contributed by atoms with Crippen molar-refractivity contribution < 1.29 is 37.7 Å². The summed E-state index contributed by atoms with van der Waals surface area (Å²) in [6.45, 7) is 0.0819. The maximum atomic E-state index is 12.2. The van der Waals surface area contributed by atoms with Gasteiger partial charge in [0.25, 0.3) is 0 Å². The number of halogens is 4. The van der Waals surface area contributed by atoms with Gasteiger partial charge >= 0.3 is 12.5 Å². The summed E-state index contributed by atoms with van der Waals surface area (Å²) in [4.78, 5) is 11.6. The Morgan fingerprint density at radius 1 is 1.14 bits per heavy atom. The third-order valence-electron chi connectivity index (χ3n) is 3.81. The van der Waals surface area contributed by atoms with Crippen LogP contribution in [0.3, 0.4) is 0 Å². The Kier molecular flexibility index (Phi) is 8.12. The molecule has 0 aliphatic carbocycles.